The lowest BCUT2D eigenvalue weighted by atomic mass is 10.0. The minimum atomic E-state index is -1.36. The molecule has 0 bridgehead atoms. The number of hydrogen-bond acceptors (Lipinski definition) is 13. The Morgan fingerprint density at radius 1 is 1.08 bits per heavy atom. The number of nitrogens with zero attached hydrogens (tertiary/aromatic N) is 4. The lowest BCUT2D eigenvalue weighted by Crippen LogP contribution is -2.36. The van der Waals surface area contributed by atoms with Crippen LogP contribution in [-0.2, 0) is 13.0 Å². The lowest BCUT2D eigenvalue weighted by Gasteiger charge is -2.12. The van der Waals surface area contributed by atoms with Crippen molar-refractivity contribution in [1.29, 1.82) is 0 Å². The number of carbonyl (C=O) groups excluding carboxylic acids is 2. The maximum absolute atomic E-state index is 12.6. The van der Waals surface area contributed by atoms with Crippen LogP contribution in [0, 0.1) is 0 Å². The van der Waals surface area contributed by atoms with E-state index in [1.165, 1.54) is 11.1 Å². The first-order chi connectivity index (χ1) is 23.4. The second kappa shape index (κ2) is 14.8. The predicted octanol–water partition coefficient (Wildman–Crippen LogP) is 1.41. The first kappa shape index (κ1) is 37.2. The summed E-state index contributed by atoms with van der Waals surface area (Å²) in [7, 11) is 0. The van der Waals surface area contributed by atoms with Crippen LogP contribution in [0.5, 0.6) is 0 Å². The molecule has 6 aromatic rings. The van der Waals surface area contributed by atoms with Gasteiger partial charge >= 0.3 is 11.7 Å². The molecule has 51 heavy (non-hydrogen) atoms. The summed E-state index contributed by atoms with van der Waals surface area (Å²) in [4.78, 5) is 79.7. The van der Waals surface area contributed by atoms with Gasteiger partial charge in [-0.2, -0.15) is 0 Å². The summed E-state index contributed by atoms with van der Waals surface area (Å²) in [5.41, 5.74) is 18.4. The molecule has 0 radical (unpaired) electrons. The molecule has 1 atom stereocenters. The number of carboxylic acids is 1. The van der Waals surface area contributed by atoms with Gasteiger partial charge in [0.2, 0.25) is 0 Å². The molecule has 19 heteroatoms. The van der Waals surface area contributed by atoms with E-state index in [1.807, 2.05) is 18.2 Å². The molecule has 3 heterocycles. The van der Waals surface area contributed by atoms with Crippen molar-refractivity contribution in [3.8, 4) is 11.4 Å². The molecule has 3 aromatic carbocycles. The number of nitrogens with two attached hydrogens (primary N) is 3. The van der Waals surface area contributed by atoms with Gasteiger partial charge in [0.25, 0.3) is 22.7 Å². The van der Waals surface area contributed by atoms with Crippen LogP contribution in [0.1, 0.15) is 68.0 Å². The number of benzene rings is 2. The maximum atomic E-state index is 12.6. The third kappa shape index (κ3) is 7.36. The van der Waals surface area contributed by atoms with Crippen LogP contribution in [0.2, 0.25) is 0 Å². The Morgan fingerprint density at radius 3 is 2.51 bits per heavy atom. The van der Waals surface area contributed by atoms with Gasteiger partial charge in [0, 0.05) is 29.9 Å². The Bertz CT molecular complexity index is 2430. The zero-order valence-electron chi connectivity index (χ0n) is 25.6. The molecule has 264 valence electrons. The quantitative estimate of drug-likeness (QED) is 0.110. The van der Waals surface area contributed by atoms with Crippen molar-refractivity contribution in [1.82, 2.24) is 29.8 Å². The van der Waals surface area contributed by atoms with Gasteiger partial charge in [-0.3, -0.25) is 33.1 Å². The van der Waals surface area contributed by atoms with Crippen LogP contribution in [-0.4, -0.2) is 47.4 Å². The van der Waals surface area contributed by atoms with E-state index in [0.717, 1.165) is 35.2 Å². The van der Waals surface area contributed by atoms with Gasteiger partial charge in [0.15, 0.2) is 17.2 Å². The molecule has 7 rings (SSSR count). The minimum Gasteiger partial charge on any atom is -0.477 e. The van der Waals surface area contributed by atoms with Crippen LogP contribution in [0.15, 0.2) is 73.8 Å². The van der Waals surface area contributed by atoms with E-state index in [2.05, 4.69) is 35.3 Å². The fourth-order valence-electron chi connectivity index (χ4n) is 5.29. The second-order valence-corrected chi connectivity index (χ2v) is 10.9. The molecule has 0 unspecified atom stereocenters. The highest BCUT2D eigenvalue weighted by molar-refractivity contribution is 6.00. The third-order valence-corrected chi connectivity index (χ3v) is 7.76. The van der Waals surface area contributed by atoms with Gasteiger partial charge in [-0.05, 0) is 47.7 Å². The second-order valence-electron chi connectivity index (χ2n) is 10.9. The van der Waals surface area contributed by atoms with Crippen molar-refractivity contribution in [2.75, 3.05) is 11.1 Å². The van der Waals surface area contributed by atoms with E-state index in [1.54, 1.807) is 24.3 Å². The molecule has 1 aliphatic carbocycles. The first-order valence-electron chi connectivity index (χ1n) is 14.5. The number of hydrogen-bond donors (Lipinski definition) is 7. The highest BCUT2D eigenvalue weighted by atomic mass is 35.5. The summed E-state index contributed by atoms with van der Waals surface area (Å²) >= 11 is 0. The first-order valence-corrected chi connectivity index (χ1v) is 14.5. The monoisotopic (exact) mass is 718 g/mol. The molecule has 18 nitrogen and oxygen atoms in total. The number of aryl methyl sites for hydroxylation is 1. The van der Waals surface area contributed by atoms with Crippen LogP contribution in [0.25, 0.3) is 17.0 Å². The number of nitrogen functional groups attached to an aromatic ring is 1. The number of fused-ring (bicyclic) bond motifs is 2. The number of H-pyrrole nitrogens is 1. The smallest absolute Gasteiger partial charge is 0.439 e. The summed E-state index contributed by atoms with van der Waals surface area (Å²) in [6, 6.07) is 13.7. The van der Waals surface area contributed by atoms with Gasteiger partial charge in [0.1, 0.15) is 29.1 Å². The normalized spacial score (nSPS) is 12.9. The van der Waals surface area contributed by atoms with Crippen LogP contribution >= 0.6 is 12.4 Å². The number of halogens is 1. The number of anilines is 3. The Labute approximate surface area is 292 Å². The fraction of sp³-hybridized carbons (Fsp3) is 0.156. The van der Waals surface area contributed by atoms with Gasteiger partial charge in [0.05, 0.1) is 0 Å². The zero-order chi connectivity index (χ0) is 35.0. The topological polar surface area (TPSA) is 297 Å². The third-order valence-electron chi connectivity index (χ3n) is 7.76. The Hall–Kier alpha value is -6.66. The standard InChI is InChI=1S/C20H15N7O6.C11H11N3O2.CH4.ClH/c21-12-13(16(29)15(12)28)25-9-3-1-2-8(4-9)6-23-19(31)10-5-11(20(32)33)27-7-24-14(17(22)30)18(27)26-10;12-9-4-2-6-5-7(1-3-8(6)9)10-13-11(15)16-14-10;;/h1-5,7,25H,6,21H2,(H2,22,30)(H,23,31)(H,32,33);1,3,5,9H,2,4,12H2,(H,13,14,15);1H4;1H/t;9-;;/m.0../s1. The number of carbonyl (C=O) groups is 3. The molecule has 0 saturated carbocycles. The number of imidazole rings is 1. The van der Waals surface area contributed by atoms with Crippen LogP contribution in [0.4, 0.5) is 17.1 Å². The largest absolute Gasteiger partial charge is 0.477 e. The lowest BCUT2D eigenvalue weighted by molar-refractivity contribution is 0.0688. The molecule has 10 N–H and O–H groups in total. The summed E-state index contributed by atoms with van der Waals surface area (Å²) in [5, 5.41) is 18.5. The van der Waals surface area contributed by atoms with E-state index in [4.69, 9.17) is 17.2 Å². The molecule has 0 fully saturated rings. The van der Waals surface area contributed by atoms with E-state index in [-0.39, 0.29) is 66.5 Å². The number of primary amides is 1. The predicted molar refractivity (Wildman–Crippen MR) is 187 cm³/mol. The molecule has 0 spiro atoms. The molecule has 0 aliphatic heterocycles. The van der Waals surface area contributed by atoms with E-state index in [9.17, 15) is 33.9 Å². The average molecular weight is 719 g/mol. The highest BCUT2D eigenvalue weighted by Crippen LogP contribution is 2.31. The van der Waals surface area contributed by atoms with Crippen molar-refractivity contribution >= 4 is 52.9 Å². The van der Waals surface area contributed by atoms with E-state index in [0.29, 0.717) is 17.1 Å². The van der Waals surface area contributed by atoms with E-state index < -0.39 is 34.4 Å². The Balaban J connectivity index is 0.000000272. The Morgan fingerprint density at radius 2 is 1.84 bits per heavy atom. The van der Waals surface area contributed by atoms with Crippen molar-refractivity contribution in [3.63, 3.8) is 0 Å². The summed E-state index contributed by atoms with van der Waals surface area (Å²) in [6.45, 7) is 0.0208. The molecular weight excluding hydrogens is 688 g/mol. The van der Waals surface area contributed by atoms with Gasteiger partial charge in [-0.15, -0.1) is 12.4 Å². The molecule has 0 saturated heterocycles. The number of rotatable bonds is 8. The highest BCUT2D eigenvalue weighted by Gasteiger charge is 2.22. The number of amides is 2. The Kier molecular flexibility index (Phi) is 10.8. The molecule has 3 aromatic heterocycles. The van der Waals surface area contributed by atoms with Crippen molar-refractivity contribution in [2.45, 2.75) is 32.9 Å². The SMILES string of the molecule is C.Cl.NC(=O)c1ncn2c(C(=O)O)cc(C(=O)NCc3cccc(Nc4c(N)c(=O)c4=O)c3)nc12.N[C@H]1CCc2cc(-c3noc(=O)[nH]3)ccc21. The molecule has 1 aliphatic rings. The number of aromatic amines is 1. The van der Waals surface area contributed by atoms with Crippen LogP contribution in [0.3, 0.4) is 0 Å². The van der Waals surface area contributed by atoms with Gasteiger partial charge in [-0.1, -0.05) is 36.8 Å². The van der Waals surface area contributed by atoms with Gasteiger partial charge in [-0.25, -0.2) is 19.6 Å². The van der Waals surface area contributed by atoms with E-state index >= 15 is 0 Å². The number of aromatic carboxylic acids is 1. The van der Waals surface area contributed by atoms with Crippen molar-refractivity contribution < 1.29 is 24.0 Å². The number of nitrogens with one attached hydrogen (secondary N) is 3. The summed E-state index contributed by atoms with van der Waals surface area (Å²) in [5.74, 6) is -3.06. The molecule has 2 amide bonds. The van der Waals surface area contributed by atoms with Crippen LogP contribution < -0.4 is 44.4 Å². The number of carboxylic acid groups (broad SMARTS) is 1. The zero-order valence-corrected chi connectivity index (χ0v) is 26.4. The average Bonchev–Trinajstić information content (AvgIpc) is 3.83. The minimum absolute atomic E-state index is 0. The maximum Gasteiger partial charge on any atom is 0.439 e. The number of aromatic nitrogens is 5. The van der Waals surface area contributed by atoms with Crippen molar-refractivity contribution in [2.24, 2.45) is 11.5 Å². The summed E-state index contributed by atoms with van der Waals surface area (Å²) < 4.78 is 5.52. The molecular formula is C32H31ClN10O8. The fourth-order valence-corrected chi connectivity index (χ4v) is 5.29. The van der Waals surface area contributed by atoms with Crippen molar-refractivity contribution in [3.05, 3.63) is 120 Å². The summed E-state index contributed by atoms with van der Waals surface area (Å²) in [6.07, 6.45) is 3.04. The van der Waals surface area contributed by atoms with Gasteiger partial charge < -0.3 is 32.9 Å².